The van der Waals surface area contributed by atoms with Gasteiger partial charge in [-0.1, -0.05) is 18.2 Å². The number of benzene rings is 1. The van der Waals surface area contributed by atoms with Gasteiger partial charge in [-0.3, -0.25) is 4.79 Å². The van der Waals surface area contributed by atoms with Gasteiger partial charge < -0.3 is 10.1 Å². The van der Waals surface area contributed by atoms with Crippen molar-refractivity contribution in [2.24, 2.45) is 0 Å². The molecule has 0 radical (unpaired) electrons. The van der Waals surface area contributed by atoms with Crippen molar-refractivity contribution in [1.29, 1.82) is 0 Å². The van der Waals surface area contributed by atoms with Crippen molar-refractivity contribution in [2.45, 2.75) is 12.4 Å². The molecular weight excluding hydrogens is 276 g/mol. The average molecular weight is 291 g/mol. The summed E-state index contributed by atoms with van der Waals surface area (Å²) in [4.78, 5) is 16.0. The molecule has 5 heteroatoms. The normalized spacial score (nSPS) is 10.1. The molecule has 0 spiro atoms. The smallest absolute Gasteiger partial charge is 0.251 e. The van der Waals surface area contributed by atoms with Crippen molar-refractivity contribution in [2.75, 3.05) is 7.11 Å². The second kappa shape index (κ2) is 6.91. The number of hydrogen-bond donors (Lipinski definition) is 1. The van der Waals surface area contributed by atoms with Crippen LogP contribution < -0.4 is 10.1 Å². The Bertz CT molecular complexity index is 567. The third-order valence-corrected chi connectivity index (χ3v) is 3.14. The molecule has 1 aromatic heterocycles. The summed E-state index contributed by atoms with van der Waals surface area (Å²) in [7, 11) is 1.56. The van der Waals surface area contributed by atoms with Crippen LogP contribution in [0, 0.1) is 0 Å². The molecule has 1 heterocycles. The zero-order valence-corrected chi connectivity index (χ0v) is 11.9. The number of hydrogen-bond acceptors (Lipinski definition) is 3. The Kier molecular flexibility index (Phi) is 4.96. The largest absolute Gasteiger partial charge is 0.481 e. The highest BCUT2D eigenvalue weighted by atomic mass is 35.5. The second-order valence-electron chi connectivity index (χ2n) is 4.22. The molecule has 1 aromatic carbocycles. The van der Waals surface area contributed by atoms with Crippen LogP contribution in [0.25, 0.3) is 0 Å². The predicted molar refractivity (Wildman–Crippen MR) is 78.0 cm³/mol. The Balaban J connectivity index is 1.93. The molecule has 2 aromatic rings. The van der Waals surface area contributed by atoms with Gasteiger partial charge in [-0.25, -0.2) is 4.98 Å². The summed E-state index contributed by atoms with van der Waals surface area (Å²) in [5.74, 6) is 0.873. The fourth-order valence-electron chi connectivity index (χ4n) is 1.67. The van der Waals surface area contributed by atoms with E-state index in [0.717, 1.165) is 11.1 Å². The molecule has 0 fully saturated rings. The maximum atomic E-state index is 12.0. The number of carbonyl (C=O) groups excluding carboxylic acids is 1. The zero-order valence-electron chi connectivity index (χ0n) is 11.1. The lowest BCUT2D eigenvalue weighted by Crippen LogP contribution is -2.22. The van der Waals surface area contributed by atoms with E-state index < -0.39 is 0 Å². The van der Waals surface area contributed by atoms with E-state index in [-0.39, 0.29) is 5.91 Å². The van der Waals surface area contributed by atoms with Crippen LogP contribution in [0.15, 0.2) is 42.6 Å². The van der Waals surface area contributed by atoms with E-state index >= 15 is 0 Å². The lowest BCUT2D eigenvalue weighted by Gasteiger charge is -2.06. The number of alkyl halides is 1. The lowest BCUT2D eigenvalue weighted by molar-refractivity contribution is 0.0951. The number of nitrogens with zero attached hydrogens (tertiary/aromatic N) is 1. The average Bonchev–Trinajstić information content (AvgIpc) is 2.53. The summed E-state index contributed by atoms with van der Waals surface area (Å²) in [5.41, 5.74) is 2.51. The third kappa shape index (κ3) is 3.71. The standard InChI is InChI=1S/C15H15ClN2O2/c1-20-14-7-4-12(9-17-14)10-18-15(19)13-5-2-11(8-16)3-6-13/h2-7,9H,8,10H2,1H3,(H,18,19). The van der Waals surface area contributed by atoms with E-state index in [1.165, 1.54) is 0 Å². The number of methoxy groups -OCH3 is 1. The Morgan fingerprint density at radius 3 is 2.45 bits per heavy atom. The maximum absolute atomic E-state index is 12.0. The number of nitrogens with one attached hydrogen (secondary N) is 1. The molecule has 0 saturated heterocycles. The van der Waals surface area contributed by atoms with E-state index in [4.69, 9.17) is 16.3 Å². The number of aromatic nitrogens is 1. The van der Waals surface area contributed by atoms with Crippen LogP contribution in [0.5, 0.6) is 5.88 Å². The highest BCUT2D eigenvalue weighted by Crippen LogP contribution is 2.08. The number of pyridine rings is 1. The van der Waals surface area contributed by atoms with Gasteiger partial charge in [0, 0.05) is 30.3 Å². The first-order chi connectivity index (χ1) is 9.72. The van der Waals surface area contributed by atoms with Gasteiger partial charge in [-0.2, -0.15) is 0 Å². The van der Waals surface area contributed by atoms with Gasteiger partial charge in [0.15, 0.2) is 0 Å². The molecule has 0 aliphatic carbocycles. The summed E-state index contributed by atoms with van der Waals surface area (Å²) in [6.45, 7) is 0.424. The van der Waals surface area contributed by atoms with Crippen LogP contribution in [-0.2, 0) is 12.4 Å². The summed E-state index contributed by atoms with van der Waals surface area (Å²) in [6.07, 6.45) is 1.68. The molecule has 1 amide bonds. The summed E-state index contributed by atoms with van der Waals surface area (Å²) in [5, 5.41) is 2.84. The predicted octanol–water partition coefficient (Wildman–Crippen LogP) is 2.76. The van der Waals surface area contributed by atoms with Gasteiger partial charge in [-0.05, 0) is 23.3 Å². The molecule has 20 heavy (non-hydrogen) atoms. The number of ether oxygens (including phenoxy) is 1. The Morgan fingerprint density at radius 1 is 1.20 bits per heavy atom. The van der Waals surface area contributed by atoms with E-state index in [1.54, 1.807) is 31.5 Å². The minimum Gasteiger partial charge on any atom is -0.481 e. The Labute approximate surface area is 122 Å². The topological polar surface area (TPSA) is 51.2 Å². The number of amides is 1. The van der Waals surface area contributed by atoms with Crippen LogP contribution in [0.3, 0.4) is 0 Å². The first-order valence-electron chi connectivity index (χ1n) is 6.15. The van der Waals surface area contributed by atoms with Gasteiger partial charge in [0.25, 0.3) is 5.91 Å². The van der Waals surface area contributed by atoms with Gasteiger partial charge in [-0.15, -0.1) is 11.6 Å². The highest BCUT2D eigenvalue weighted by molar-refractivity contribution is 6.17. The highest BCUT2D eigenvalue weighted by Gasteiger charge is 2.05. The first-order valence-corrected chi connectivity index (χ1v) is 6.68. The van der Waals surface area contributed by atoms with Crippen molar-refractivity contribution in [3.05, 3.63) is 59.3 Å². The van der Waals surface area contributed by atoms with Crippen molar-refractivity contribution in [1.82, 2.24) is 10.3 Å². The molecular formula is C15H15ClN2O2. The number of rotatable bonds is 5. The molecule has 1 N–H and O–H groups in total. The maximum Gasteiger partial charge on any atom is 0.251 e. The molecule has 4 nitrogen and oxygen atoms in total. The van der Waals surface area contributed by atoms with Gasteiger partial charge in [0.05, 0.1) is 7.11 Å². The monoisotopic (exact) mass is 290 g/mol. The van der Waals surface area contributed by atoms with Crippen molar-refractivity contribution in [3.63, 3.8) is 0 Å². The molecule has 0 unspecified atom stereocenters. The van der Waals surface area contributed by atoms with Gasteiger partial charge in [0.1, 0.15) is 0 Å². The van der Waals surface area contributed by atoms with Crippen LogP contribution >= 0.6 is 11.6 Å². The van der Waals surface area contributed by atoms with Crippen LogP contribution in [0.2, 0.25) is 0 Å². The van der Waals surface area contributed by atoms with E-state index in [0.29, 0.717) is 23.9 Å². The molecule has 104 valence electrons. The summed E-state index contributed by atoms with van der Waals surface area (Å²) >= 11 is 5.71. The lowest BCUT2D eigenvalue weighted by atomic mass is 10.1. The molecule has 0 aliphatic heterocycles. The van der Waals surface area contributed by atoms with Crippen LogP contribution in [0.4, 0.5) is 0 Å². The molecule has 0 aliphatic rings. The van der Waals surface area contributed by atoms with Crippen molar-refractivity contribution in [3.8, 4) is 5.88 Å². The van der Waals surface area contributed by atoms with Crippen LogP contribution in [0.1, 0.15) is 21.5 Å². The fourth-order valence-corrected chi connectivity index (χ4v) is 1.84. The quantitative estimate of drug-likeness (QED) is 0.862. The van der Waals surface area contributed by atoms with Gasteiger partial charge in [0.2, 0.25) is 5.88 Å². The van der Waals surface area contributed by atoms with Crippen LogP contribution in [-0.4, -0.2) is 18.0 Å². The molecule has 0 saturated carbocycles. The zero-order chi connectivity index (χ0) is 14.4. The number of carbonyl (C=O) groups is 1. The SMILES string of the molecule is COc1ccc(CNC(=O)c2ccc(CCl)cc2)cn1. The minimum atomic E-state index is -0.123. The van der Waals surface area contributed by atoms with Gasteiger partial charge >= 0.3 is 0 Å². The first kappa shape index (κ1) is 14.3. The number of halogens is 1. The molecule has 0 atom stereocenters. The van der Waals surface area contributed by atoms with E-state index in [9.17, 15) is 4.79 Å². The van der Waals surface area contributed by atoms with Crippen molar-refractivity contribution >= 4 is 17.5 Å². The minimum absolute atomic E-state index is 0.123. The summed E-state index contributed by atoms with van der Waals surface area (Å²) in [6, 6.07) is 10.8. The summed E-state index contributed by atoms with van der Waals surface area (Å²) < 4.78 is 4.98. The second-order valence-corrected chi connectivity index (χ2v) is 4.49. The molecule has 0 bridgehead atoms. The Morgan fingerprint density at radius 2 is 1.90 bits per heavy atom. The van der Waals surface area contributed by atoms with Crippen molar-refractivity contribution < 1.29 is 9.53 Å². The molecule has 2 rings (SSSR count). The fraction of sp³-hybridized carbons (Fsp3) is 0.200. The Hall–Kier alpha value is -2.07. The third-order valence-electron chi connectivity index (χ3n) is 2.83. The van der Waals surface area contributed by atoms with E-state index in [2.05, 4.69) is 10.3 Å². The van der Waals surface area contributed by atoms with E-state index in [1.807, 2.05) is 18.2 Å².